The minimum absolute atomic E-state index is 0.112. The lowest BCUT2D eigenvalue weighted by Crippen LogP contribution is -2.08. The first-order valence-electron chi connectivity index (χ1n) is 8.69. The highest BCUT2D eigenvalue weighted by Crippen LogP contribution is 2.37. The fourth-order valence-corrected chi connectivity index (χ4v) is 4.09. The lowest BCUT2D eigenvalue weighted by atomic mass is 9.98. The Morgan fingerprint density at radius 3 is 3.00 bits per heavy atom. The summed E-state index contributed by atoms with van der Waals surface area (Å²) in [6.45, 7) is 4.89. The zero-order valence-corrected chi connectivity index (χ0v) is 15.5. The number of thiazole rings is 1. The molecule has 0 spiro atoms. The third-order valence-corrected chi connectivity index (χ3v) is 5.39. The van der Waals surface area contributed by atoms with Crippen LogP contribution in [0.1, 0.15) is 47.4 Å². The van der Waals surface area contributed by atoms with Gasteiger partial charge in [-0.15, -0.1) is 11.3 Å². The second-order valence-corrected chi connectivity index (χ2v) is 7.49. The van der Waals surface area contributed by atoms with Gasteiger partial charge in [0.2, 0.25) is 0 Å². The number of ether oxygens (including phenoxy) is 2. The molecule has 1 aromatic heterocycles. The number of esters is 1. The Labute approximate surface area is 152 Å². The maximum Gasteiger partial charge on any atom is 0.306 e. The molecule has 0 fully saturated rings. The summed E-state index contributed by atoms with van der Waals surface area (Å²) in [6, 6.07) is 6.18. The van der Waals surface area contributed by atoms with Crippen LogP contribution in [0.2, 0.25) is 0 Å². The van der Waals surface area contributed by atoms with Gasteiger partial charge in [-0.05, 0) is 55.9 Å². The average molecular weight is 360 g/mol. The number of anilines is 1. The summed E-state index contributed by atoms with van der Waals surface area (Å²) >= 11 is 1.51. The molecule has 5 nitrogen and oxygen atoms in total. The van der Waals surface area contributed by atoms with Gasteiger partial charge in [0.15, 0.2) is 5.13 Å². The third-order valence-electron chi connectivity index (χ3n) is 4.55. The summed E-state index contributed by atoms with van der Waals surface area (Å²) in [7, 11) is 0. The van der Waals surface area contributed by atoms with Gasteiger partial charge in [-0.1, -0.05) is 6.07 Å². The summed E-state index contributed by atoms with van der Waals surface area (Å²) < 4.78 is 11.0. The zero-order valence-electron chi connectivity index (χ0n) is 14.7. The van der Waals surface area contributed by atoms with Crippen molar-refractivity contribution in [1.82, 2.24) is 4.98 Å². The van der Waals surface area contributed by atoms with E-state index in [-0.39, 0.29) is 11.9 Å². The highest BCUT2D eigenvalue weighted by Gasteiger charge is 2.25. The molecule has 2 aromatic rings. The van der Waals surface area contributed by atoms with Crippen molar-refractivity contribution in [2.24, 2.45) is 0 Å². The van der Waals surface area contributed by atoms with Crippen LogP contribution >= 0.6 is 11.3 Å². The first-order chi connectivity index (χ1) is 12.1. The van der Waals surface area contributed by atoms with E-state index in [1.54, 1.807) is 0 Å². The highest BCUT2D eigenvalue weighted by molar-refractivity contribution is 7.15. The molecule has 1 aliphatic rings. The van der Waals surface area contributed by atoms with Gasteiger partial charge in [0, 0.05) is 11.3 Å². The molecule has 0 amide bonds. The predicted octanol–water partition coefficient (Wildman–Crippen LogP) is 3.64. The molecule has 1 atom stereocenters. The zero-order chi connectivity index (χ0) is 17.8. The topological polar surface area (TPSA) is 74.4 Å². The normalized spacial score (nSPS) is 15.8. The van der Waals surface area contributed by atoms with Crippen molar-refractivity contribution in [3.63, 3.8) is 0 Å². The van der Waals surface area contributed by atoms with Crippen molar-refractivity contribution in [3.05, 3.63) is 39.9 Å². The molecular weight excluding hydrogens is 336 g/mol. The fraction of sp³-hybridized carbons (Fsp3) is 0.474. The summed E-state index contributed by atoms with van der Waals surface area (Å²) in [6.07, 6.45) is 3.20. The molecule has 25 heavy (non-hydrogen) atoms. The molecule has 0 aliphatic heterocycles. The molecule has 1 aromatic carbocycles. The molecule has 1 aliphatic carbocycles. The van der Waals surface area contributed by atoms with Crippen molar-refractivity contribution in [1.29, 1.82) is 0 Å². The summed E-state index contributed by atoms with van der Waals surface area (Å²) in [5.74, 6) is 1.03. The van der Waals surface area contributed by atoms with E-state index in [9.17, 15) is 4.79 Å². The number of hydrogen-bond donors (Lipinski definition) is 1. The van der Waals surface area contributed by atoms with Crippen LogP contribution in [0, 0.1) is 6.92 Å². The number of fused-ring (bicyclic) bond motifs is 1. The van der Waals surface area contributed by atoms with Crippen molar-refractivity contribution in [3.8, 4) is 5.75 Å². The first kappa shape index (κ1) is 17.7. The molecule has 1 heterocycles. The van der Waals surface area contributed by atoms with Gasteiger partial charge in [0.25, 0.3) is 0 Å². The fourth-order valence-electron chi connectivity index (χ4n) is 3.35. The molecule has 0 unspecified atom stereocenters. The van der Waals surface area contributed by atoms with E-state index in [2.05, 4.69) is 17.1 Å². The third kappa shape index (κ3) is 4.31. The number of benzene rings is 1. The smallest absolute Gasteiger partial charge is 0.306 e. The monoisotopic (exact) mass is 360 g/mol. The number of carbonyl (C=O) groups is 1. The van der Waals surface area contributed by atoms with Crippen LogP contribution in [0.25, 0.3) is 0 Å². The lowest BCUT2D eigenvalue weighted by molar-refractivity contribution is -0.143. The standard InChI is InChI=1S/C19H24N2O3S/c1-3-23-18(22)11-14-5-4-13-10-15(6-7-16(13)14)24-9-8-17-12(2)25-19(20)21-17/h6-7,10,14H,3-5,8-9,11H2,1-2H3,(H2,20,21)/t14-/m0/s1. The molecule has 0 saturated heterocycles. The van der Waals surface area contributed by atoms with E-state index in [1.165, 1.54) is 22.5 Å². The van der Waals surface area contributed by atoms with Gasteiger partial charge >= 0.3 is 5.97 Å². The van der Waals surface area contributed by atoms with Crippen LogP contribution in [0.3, 0.4) is 0 Å². The quantitative estimate of drug-likeness (QED) is 0.763. The molecule has 134 valence electrons. The van der Waals surface area contributed by atoms with E-state index in [0.717, 1.165) is 35.6 Å². The highest BCUT2D eigenvalue weighted by atomic mass is 32.1. The molecule has 6 heteroatoms. The molecule has 0 radical (unpaired) electrons. The Hall–Kier alpha value is -2.08. The van der Waals surface area contributed by atoms with Crippen LogP contribution < -0.4 is 10.5 Å². The van der Waals surface area contributed by atoms with Crippen LogP contribution in [0.4, 0.5) is 5.13 Å². The van der Waals surface area contributed by atoms with E-state index in [0.29, 0.717) is 24.8 Å². The Kier molecular flexibility index (Phi) is 5.58. The van der Waals surface area contributed by atoms with Crippen LogP contribution in [0.5, 0.6) is 5.75 Å². The van der Waals surface area contributed by atoms with E-state index < -0.39 is 0 Å². The Morgan fingerprint density at radius 2 is 2.28 bits per heavy atom. The van der Waals surface area contributed by atoms with Crippen molar-refractivity contribution >= 4 is 22.4 Å². The summed E-state index contributed by atoms with van der Waals surface area (Å²) in [5, 5.41) is 0.609. The lowest BCUT2D eigenvalue weighted by Gasteiger charge is -2.12. The molecule has 0 bridgehead atoms. The number of aryl methyl sites for hydroxylation is 2. The number of carbonyl (C=O) groups excluding carboxylic acids is 1. The van der Waals surface area contributed by atoms with Gasteiger partial charge in [-0.25, -0.2) is 4.98 Å². The predicted molar refractivity (Wildman–Crippen MR) is 99.2 cm³/mol. The number of nitrogens with zero attached hydrogens (tertiary/aromatic N) is 1. The maximum atomic E-state index is 11.7. The van der Waals surface area contributed by atoms with Crippen LogP contribution in [-0.2, 0) is 22.4 Å². The van der Waals surface area contributed by atoms with Gasteiger partial charge in [-0.2, -0.15) is 0 Å². The first-order valence-corrected chi connectivity index (χ1v) is 9.51. The second kappa shape index (κ2) is 7.87. The number of nitrogens with two attached hydrogens (primary N) is 1. The van der Waals surface area contributed by atoms with Gasteiger partial charge in [0.05, 0.1) is 25.3 Å². The minimum Gasteiger partial charge on any atom is -0.493 e. The summed E-state index contributed by atoms with van der Waals surface area (Å²) in [5.41, 5.74) is 9.27. The summed E-state index contributed by atoms with van der Waals surface area (Å²) in [4.78, 5) is 17.2. The Balaban J connectivity index is 1.57. The van der Waals surface area contributed by atoms with E-state index >= 15 is 0 Å². The Bertz CT molecular complexity index is 757. The molecule has 0 saturated carbocycles. The molecule has 2 N–H and O–H groups in total. The second-order valence-electron chi connectivity index (χ2n) is 6.26. The largest absolute Gasteiger partial charge is 0.493 e. The number of hydrogen-bond acceptors (Lipinski definition) is 6. The van der Waals surface area contributed by atoms with Gasteiger partial charge < -0.3 is 15.2 Å². The molecule has 3 rings (SSSR count). The number of rotatable bonds is 7. The average Bonchev–Trinajstić information content (AvgIpc) is 3.10. The molecular formula is C19H24N2O3S. The number of aromatic nitrogens is 1. The van der Waals surface area contributed by atoms with Gasteiger partial charge in [-0.3, -0.25) is 4.79 Å². The minimum atomic E-state index is -0.112. The van der Waals surface area contributed by atoms with Gasteiger partial charge in [0.1, 0.15) is 5.75 Å². The van der Waals surface area contributed by atoms with Crippen molar-refractivity contribution in [2.75, 3.05) is 18.9 Å². The SMILES string of the molecule is CCOC(=O)C[C@@H]1CCc2cc(OCCc3nc(N)sc3C)ccc21. The van der Waals surface area contributed by atoms with Crippen LogP contribution in [-0.4, -0.2) is 24.2 Å². The van der Waals surface area contributed by atoms with Crippen molar-refractivity contribution < 1.29 is 14.3 Å². The van der Waals surface area contributed by atoms with Crippen molar-refractivity contribution in [2.45, 2.75) is 45.4 Å². The van der Waals surface area contributed by atoms with E-state index in [4.69, 9.17) is 15.2 Å². The number of nitrogen functional groups attached to an aromatic ring is 1. The van der Waals surface area contributed by atoms with E-state index in [1.807, 2.05) is 19.9 Å². The van der Waals surface area contributed by atoms with Crippen LogP contribution in [0.15, 0.2) is 18.2 Å². The Morgan fingerprint density at radius 1 is 1.44 bits per heavy atom. The maximum absolute atomic E-state index is 11.7.